The van der Waals surface area contributed by atoms with Crippen molar-refractivity contribution >= 4 is 40.7 Å². The fraction of sp³-hybridized carbons (Fsp3) is 0. The first-order chi connectivity index (χ1) is 8.22. The van der Waals surface area contributed by atoms with Crippen LogP contribution in [0.3, 0.4) is 0 Å². The summed E-state index contributed by atoms with van der Waals surface area (Å²) in [6.45, 7) is 0. The summed E-state index contributed by atoms with van der Waals surface area (Å²) in [7, 11) is 0. The van der Waals surface area contributed by atoms with Crippen molar-refractivity contribution in [1.29, 1.82) is 0 Å². The van der Waals surface area contributed by atoms with Gasteiger partial charge in [-0.05, 0) is 29.4 Å². The predicted octanol–water partition coefficient (Wildman–Crippen LogP) is 1.83. The fourth-order valence-corrected chi connectivity index (χ4v) is 2.73. The smallest absolute Gasteiger partial charge is 0.176 e. The molecule has 0 unspecified atom stereocenters. The third-order valence-corrected chi connectivity index (χ3v) is 3.98. The van der Waals surface area contributed by atoms with Crippen LogP contribution in [0.5, 0.6) is 0 Å². The van der Waals surface area contributed by atoms with Gasteiger partial charge in [0.25, 0.3) is 0 Å². The minimum Gasteiger partial charge on any atom is -0.409 e. The Morgan fingerprint density at radius 1 is 1.53 bits per heavy atom. The van der Waals surface area contributed by atoms with Crippen LogP contribution in [0.1, 0.15) is 5.56 Å². The lowest BCUT2D eigenvalue weighted by Crippen LogP contribution is -2.14. The molecule has 2 aromatic rings. The molecule has 0 spiro atoms. The first-order valence-corrected chi connectivity index (χ1v) is 6.26. The van der Waals surface area contributed by atoms with Crippen LogP contribution in [0.25, 0.3) is 0 Å². The lowest BCUT2D eigenvalue weighted by Gasteiger charge is -2.05. The molecule has 0 aliphatic heterocycles. The quantitative estimate of drug-likeness (QED) is 0.387. The van der Waals surface area contributed by atoms with E-state index in [-0.39, 0.29) is 5.84 Å². The van der Waals surface area contributed by atoms with E-state index < -0.39 is 0 Å². The molecule has 0 saturated heterocycles. The molecule has 0 aliphatic rings. The van der Waals surface area contributed by atoms with E-state index in [4.69, 9.17) is 22.5 Å². The topological polar surface area (TPSA) is 97.3 Å². The lowest BCUT2D eigenvalue weighted by molar-refractivity contribution is 0.318. The van der Waals surface area contributed by atoms with Gasteiger partial charge in [0.1, 0.15) is 11.4 Å². The highest BCUT2D eigenvalue weighted by Crippen LogP contribution is 2.33. The minimum atomic E-state index is -0.0588. The number of nitrogens with two attached hydrogens (primary N) is 1. The Balaban J connectivity index is 2.36. The first kappa shape index (κ1) is 12.1. The van der Waals surface area contributed by atoms with Crippen LogP contribution in [0, 0.1) is 0 Å². The van der Waals surface area contributed by atoms with Crippen LogP contribution in [0.15, 0.2) is 33.1 Å². The van der Waals surface area contributed by atoms with Gasteiger partial charge in [0, 0.05) is 11.8 Å². The number of oxime groups is 1. The molecule has 88 valence electrons. The molecule has 6 nitrogen and oxygen atoms in total. The number of aromatic nitrogens is 3. The highest BCUT2D eigenvalue weighted by molar-refractivity contribution is 8.01. The van der Waals surface area contributed by atoms with Gasteiger partial charge in [0.05, 0.1) is 5.02 Å². The molecule has 0 amide bonds. The van der Waals surface area contributed by atoms with Gasteiger partial charge in [-0.3, -0.25) is 0 Å². The summed E-state index contributed by atoms with van der Waals surface area (Å²) in [5.41, 5.74) is 5.92. The van der Waals surface area contributed by atoms with Crippen LogP contribution in [0.2, 0.25) is 5.02 Å². The normalized spacial score (nSPS) is 11.7. The van der Waals surface area contributed by atoms with Crippen molar-refractivity contribution in [3.05, 3.63) is 29.2 Å². The average Bonchev–Trinajstić information content (AvgIpc) is 2.84. The second kappa shape index (κ2) is 5.30. The fourth-order valence-electron chi connectivity index (χ4n) is 1.04. The maximum absolute atomic E-state index is 8.62. The van der Waals surface area contributed by atoms with Gasteiger partial charge < -0.3 is 10.9 Å². The maximum Gasteiger partial charge on any atom is 0.176 e. The summed E-state index contributed by atoms with van der Waals surface area (Å²) in [5, 5.41) is 12.4. The monoisotopic (exact) mass is 287 g/mol. The molecular weight excluding hydrogens is 282 g/mol. The molecule has 0 atom stereocenters. The van der Waals surface area contributed by atoms with Gasteiger partial charge in [-0.15, -0.1) is 0 Å². The SMILES string of the molecule is N/C(=N/O)c1ccnc(Sc2ncns2)c1Cl. The number of hydrogen-bond acceptors (Lipinski definition) is 7. The van der Waals surface area contributed by atoms with Crippen molar-refractivity contribution in [3.63, 3.8) is 0 Å². The van der Waals surface area contributed by atoms with Gasteiger partial charge in [0.2, 0.25) is 0 Å². The third kappa shape index (κ3) is 2.65. The summed E-state index contributed by atoms with van der Waals surface area (Å²) in [6.07, 6.45) is 2.98. The van der Waals surface area contributed by atoms with Crippen molar-refractivity contribution in [3.8, 4) is 0 Å². The summed E-state index contributed by atoms with van der Waals surface area (Å²) < 4.78 is 4.59. The molecular formula is C8H6ClN5OS2. The van der Waals surface area contributed by atoms with Crippen molar-refractivity contribution in [2.24, 2.45) is 10.9 Å². The summed E-state index contributed by atoms with van der Waals surface area (Å²) in [4.78, 5) is 8.12. The molecule has 0 fully saturated rings. The molecule has 0 radical (unpaired) electrons. The molecule has 0 aliphatic carbocycles. The van der Waals surface area contributed by atoms with E-state index in [1.807, 2.05) is 0 Å². The molecule has 2 rings (SSSR count). The first-order valence-electron chi connectivity index (χ1n) is 4.29. The molecule has 2 heterocycles. The van der Waals surface area contributed by atoms with Gasteiger partial charge in [-0.1, -0.05) is 16.8 Å². The summed E-state index contributed by atoms with van der Waals surface area (Å²) in [5.74, 6) is -0.0588. The van der Waals surface area contributed by atoms with Crippen molar-refractivity contribution in [1.82, 2.24) is 14.3 Å². The largest absolute Gasteiger partial charge is 0.409 e. The van der Waals surface area contributed by atoms with Crippen LogP contribution in [-0.4, -0.2) is 25.4 Å². The molecule has 3 N–H and O–H groups in total. The zero-order chi connectivity index (χ0) is 12.3. The van der Waals surface area contributed by atoms with E-state index in [2.05, 4.69) is 19.5 Å². The zero-order valence-electron chi connectivity index (χ0n) is 8.24. The number of amidine groups is 1. The van der Waals surface area contributed by atoms with Crippen LogP contribution >= 0.6 is 34.9 Å². The second-order valence-electron chi connectivity index (χ2n) is 2.77. The molecule has 0 saturated carbocycles. The number of hydrogen-bond donors (Lipinski definition) is 2. The van der Waals surface area contributed by atoms with Gasteiger partial charge in [0.15, 0.2) is 10.2 Å². The Morgan fingerprint density at radius 2 is 2.35 bits per heavy atom. The van der Waals surface area contributed by atoms with E-state index in [0.29, 0.717) is 15.6 Å². The van der Waals surface area contributed by atoms with Gasteiger partial charge in [-0.2, -0.15) is 4.37 Å². The standard InChI is InChI=1S/C8H6ClN5OS2/c9-5-4(6(10)14-15)1-2-11-7(5)16-8-12-3-13-17-8/h1-3,15H,(H2,10,14). The summed E-state index contributed by atoms with van der Waals surface area (Å²) >= 11 is 8.61. The van der Waals surface area contributed by atoms with E-state index >= 15 is 0 Å². The highest BCUT2D eigenvalue weighted by atomic mass is 35.5. The maximum atomic E-state index is 8.62. The Morgan fingerprint density at radius 3 is 3.00 bits per heavy atom. The molecule has 2 aromatic heterocycles. The Labute approximate surface area is 110 Å². The van der Waals surface area contributed by atoms with Crippen molar-refractivity contribution in [2.75, 3.05) is 0 Å². The van der Waals surface area contributed by atoms with Gasteiger partial charge >= 0.3 is 0 Å². The van der Waals surface area contributed by atoms with E-state index in [1.165, 1.54) is 35.8 Å². The van der Waals surface area contributed by atoms with Crippen molar-refractivity contribution in [2.45, 2.75) is 9.37 Å². The summed E-state index contributed by atoms with van der Waals surface area (Å²) in [6, 6.07) is 1.57. The molecule has 9 heteroatoms. The van der Waals surface area contributed by atoms with Crippen LogP contribution in [0.4, 0.5) is 0 Å². The number of pyridine rings is 1. The van der Waals surface area contributed by atoms with Crippen LogP contribution in [-0.2, 0) is 0 Å². The zero-order valence-corrected chi connectivity index (χ0v) is 10.6. The van der Waals surface area contributed by atoms with Gasteiger partial charge in [-0.25, -0.2) is 9.97 Å². The number of nitrogens with zero attached hydrogens (tertiary/aromatic N) is 4. The predicted molar refractivity (Wildman–Crippen MR) is 65.8 cm³/mol. The number of halogens is 1. The Bertz CT molecular complexity index is 545. The second-order valence-corrected chi connectivity index (χ2v) is 5.17. The molecule has 0 aromatic carbocycles. The Kier molecular flexibility index (Phi) is 3.77. The third-order valence-electron chi connectivity index (χ3n) is 1.77. The minimum absolute atomic E-state index is 0.0588. The highest BCUT2D eigenvalue weighted by Gasteiger charge is 2.13. The Hall–Kier alpha value is -1.38. The van der Waals surface area contributed by atoms with Crippen LogP contribution < -0.4 is 5.73 Å². The van der Waals surface area contributed by atoms with E-state index in [9.17, 15) is 0 Å². The molecule has 17 heavy (non-hydrogen) atoms. The number of rotatable bonds is 3. The van der Waals surface area contributed by atoms with E-state index in [0.717, 1.165) is 4.34 Å². The van der Waals surface area contributed by atoms with Crippen molar-refractivity contribution < 1.29 is 5.21 Å². The average molecular weight is 288 g/mol. The molecule has 0 bridgehead atoms. The lowest BCUT2D eigenvalue weighted by atomic mass is 10.2. The van der Waals surface area contributed by atoms with E-state index in [1.54, 1.807) is 6.07 Å².